The minimum atomic E-state index is -0.272. The van der Waals surface area contributed by atoms with Gasteiger partial charge in [-0.3, -0.25) is 5.10 Å². The van der Waals surface area contributed by atoms with Crippen molar-refractivity contribution in [2.75, 3.05) is 5.01 Å². The topological polar surface area (TPSA) is 53.5 Å². The second-order valence-electron chi connectivity index (χ2n) is 5.12. The van der Waals surface area contributed by atoms with Crippen LogP contribution in [-0.4, -0.2) is 22.3 Å². The molecule has 1 aliphatic rings. The van der Waals surface area contributed by atoms with Crippen LogP contribution in [0.3, 0.4) is 0 Å². The largest absolute Gasteiger partial charge is 0.451 e. The van der Waals surface area contributed by atoms with E-state index in [0.717, 1.165) is 22.2 Å². The molecule has 0 amide bonds. The van der Waals surface area contributed by atoms with Gasteiger partial charge in [0.15, 0.2) is 6.23 Å². The van der Waals surface area contributed by atoms with Crippen molar-refractivity contribution in [3.8, 4) is 0 Å². The number of ether oxygens (including phenoxy) is 1. The van der Waals surface area contributed by atoms with Crippen LogP contribution in [-0.2, 0) is 4.74 Å². The van der Waals surface area contributed by atoms with Gasteiger partial charge in [-0.1, -0.05) is 0 Å². The van der Waals surface area contributed by atoms with Crippen molar-refractivity contribution < 1.29 is 9.13 Å². The van der Waals surface area contributed by atoms with Crippen molar-refractivity contribution in [3.05, 3.63) is 60.0 Å². The molecule has 1 atom stereocenters. The minimum Gasteiger partial charge on any atom is -0.451 e. The van der Waals surface area contributed by atoms with Crippen LogP contribution in [0.25, 0.3) is 10.9 Å². The standard InChI is InChI=1S/C16H13FN4O/c1-10-21(14-5-3-13(17)4-6-14)20-16(22-10)11-2-7-15-12(8-11)9-18-19-15/h2-10H,1H3,(H,18,19). The molecule has 0 fully saturated rings. The molecule has 2 aromatic carbocycles. The lowest BCUT2D eigenvalue weighted by molar-refractivity contribution is 0.234. The lowest BCUT2D eigenvalue weighted by Gasteiger charge is -2.17. The molecule has 0 aliphatic carbocycles. The van der Waals surface area contributed by atoms with Crippen LogP contribution in [0.4, 0.5) is 10.1 Å². The average molecular weight is 296 g/mol. The van der Waals surface area contributed by atoms with Crippen molar-refractivity contribution in [2.24, 2.45) is 5.10 Å². The number of fused-ring (bicyclic) bond motifs is 1. The van der Waals surface area contributed by atoms with E-state index in [9.17, 15) is 4.39 Å². The van der Waals surface area contributed by atoms with Gasteiger partial charge in [-0.2, -0.15) is 5.10 Å². The quantitative estimate of drug-likeness (QED) is 0.790. The van der Waals surface area contributed by atoms with Crippen molar-refractivity contribution >= 4 is 22.5 Å². The Morgan fingerprint density at radius 3 is 2.82 bits per heavy atom. The van der Waals surface area contributed by atoms with Crippen molar-refractivity contribution in [1.82, 2.24) is 10.2 Å². The second-order valence-corrected chi connectivity index (χ2v) is 5.12. The van der Waals surface area contributed by atoms with Crippen molar-refractivity contribution in [2.45, 2.75) is 13.2 Å². The van der Waals surface area contributed by atoms with E-state index < -0.39 is 0 Å². The Kier molecular flexibility index (Phi) is 2.82. The molecule has 0 bridgehead atoms. The molecular formula is C16H13FN4O. The summed E-state index contributed by atoms with van der Waals surface area (Å²) in [6.45, 7) is 1.90. The van der Waals surface area contributed by atoms with Gasteiger partial charge in [-0.25, -0.2) is 9.40 Å². The summed E-state index contributed by atoms with van der Waals surface area (Å²) in [6.07, 6.45) is 1.51. The summed E-state index contributed by atoms with van der Waals surface area (Å²) < 4.78 is 18.9. The van der Waals surface area contributed by atoms with Crippen LogP contribution in [0.1, 0.15) is 12.5 Å². The third kappa shape index (κ3) is 2.09. The molecule has 5 nitrogen and oxygen atoms in total. The van der Waals surface area contributed by atoms with E-state index in [1.54, 1.807) is 23.3 Å². The van der Waals surface area contributed by atoms with Crippen LogP contribution < -0.4 is 5.01 Å². The van der Waals surface area contributed by atoms with E-state index in [1.807, 2.05) is 25.1 Å². The number of H-pyrrole nitrogens is 1. The molecule has 2 heterocycles. The van der Waals surface area contributed by atoms with Crippen molar-refractivity contribution in [3.63, 3.8) is 0 Å². The minimum absolute atomic E-state index is 0.250. The van der Waals surface area contributed by atoms with Gasteiger partial charge in [-0.15, -0.1) is 5.10 Å². The number of benzene rings is 2. The highest BCUT2D eigenvalue weighted by Crippen LogP contribution is 2.25. The number of aromatic nitrogens is 2. The highest BCUT2D eigenvalue weighted by atomic mass is 19.1. The molecule has 22 heavy (non-hydrogen) atoms. The predicted octanol–water partition coefficient (Wildman–Crippen LogP) is 3.25. The number of rotatable bonds is 2. The SMILES string of the molecule is CC1OC(c2ccc3[nH]ncc3c2)=NN1c1ccc(F)cc1. The summed E-state index contributed by atoms with van der Waals surface area (Å²) in [7, 11) is 0. The Labute approximate surface area is 126 Å². The number of anilines is 1. The Bertz CT molecular complexity index is 856. The molecule has 1 N–H and O–H groups in total. The van der Waals surface area contributed by atoms with Gasteiger partial charge < -0.3 is 4.74 Å². The number of halogens is 1. The summed E-state index contributed by atoms with van der Waals surface area (Å²) in [5.74, 6) is 0.269. The van der Waals surface area contributed by atoms with Gasteiger partial charge in [-0.05, 0) is 49.4 Å². The number of hydrogen-bond acceptors (Lipinski definition) is 4. The Morgan fingerprint density at radius 1 is 1.18 bits per heavy atom. The highest BCUT2D eigenvalue weighted by molar-refractivity contribution is 5.99. The van der Waals surface area contributed by atoms with Gasteiger partial charge in [0.25, 0.3) is 0 Å². The van der Waals surface area contributed by atoms with Gasteiger partial charge in [0.05, 0.1) is 17.4 Å². The molecule has 6 heteroatoms. The molecule has 110 valence electrons. The van der Waals surface area contributed by atoms with Crippen LogP contribution in [0, 0.1) is 5.82 Å². The molecular weight excluding hydrogens is 283 g/mol. The number of hydrazone groups is 1. The zero-order chi connectivity index (χ0) is 15.1. The fourth-order valence-corrected chi connectivity index (χ4v) is 2.48. The predicted molar refractivity (Wildman–Crippen MR) is 82.1 cm³/mol. The Morgan fingerprint density at radius 2 is 2.00 bits per heavy atom. The fraction of sp³-hybridized carbons (Fsp3) is 0.125. The lowest BCUT2D eigenvalue weighted by atomic mass is 10.1. The monoisotopic (exact) mass is 296 g/mol. The maximum Gasteiger partial charge on any atom is 0.240 e. The summed E-state index contributed by atoms with van der Waals surface area (Å²) in [5, 5.41) is 14.1. The first kappa shape index (κ1) is 12.8. The molecule has 0 saturated heterocycles. The second kappa shape index (κ2) is 4.84. The third-order valence-corrected chi connectivity index (χ3v) is 3.60. The Balaban J connectivity index is 1.70. The van der Waals surface area contributed by atoms with Crippen LogP contribution >= 0.6 is 0 Å². The van der Waals surface area contributed by atoms with Crippen molar-refractivity contribution in [1.29, 1.82) is 0 Å². The number of hydrogen-bond donors (Lipinski definition) is 1. The van der Waals surface area contributed by atoms with E-state index in [2.05, 4.69) is 15.3 Å². The molecule has 3 aromatic rings. The number of nitrogens with zero attached hydrogens (tertiary/aromatic N) is 3. The molecule has 1 unspecified atom stereocenters. The lowest BCUT2D eigenvalue weighted by Crippen LogP contribution is -2.24. The zero-order valence-electron chi connectivity index (χ0n) is 11.8. The van der Waals surface area contributed by atoms with Gasteiger partial charge in [0, 0.05) is 10.9 Å². The van der Waals surface area contributed by atoms with E-state index >= 15 is 0 Å². The third-order valence-electron chi connectivity index (χ3n) is 3.60. The van der Waals surface area contributed by atoms with E-state index in [0.29, 0.717) is 5.90 Å². The molecule has 0 saturated carbocycles. The van der Waals surface area contributed by atoms with Gasteiger partial charge >= 0.3 is 0 Å². The van der Waals surface area contributed by atoms with E-state index in [1.165, 1.54) is 12.1 Å². The first-order valence-corrected chi connectivity index (χ1v) is 6.94. The van der Waals surface area contributed by atoms with E-state index in [4.69, 9.17) is 4.74 Å². The number of nitrogens with one attached hydrogen (secondary N) is 1. The molecule has 1 aliphatic heterocycles. The average Bonchev–Trinajstić information content (AvgIpc) is 3.13. The smallest absolute Gasteiger partial charge is 0.240 e. The summed E-state index contributed by atoms with van der Waals surface area (Å²) in [5.41, 5.74) is 2.63. The molecule has 0 spiro atoms. The van der Waals surface area contributed by atoms with Gasteiger partial charge in [0.1, 0.15) is 5.82 Å². The molecule has 0 radical (unpaired) electrons. The van der Waals surface area contributed by atoms with Gasteiger partial charge in [0.2, 0.25) is 5.90 Å². The maximum absolute atomic E-state index is 13.0. The first-order valence-electron chi connectivity index (χ1n) is 6.94. The molecule has 1 aromatic heterocycles. The van der Waals surface area contributed by atoms with E-state index in [-0.39, 0.29) is 12.0 Å². The first-order chi connectivity index (χ1) is 10.7. The summed E-state index contributed by atoms with van der Waals surface area (Å²) in [4.78, 5) is 0. The number of aromatic amines is 1. The molecule has 4 rings (SSSR count). The fourth-order valence-electron chi connectivity index (χ4n) is 2.48. The van der Waals surface area contributed by atoms with Crippen LogP contribution in [0.5, 0.6) is 0 Å². The van der Waals surface area contributed by atoms with Crippen LogP contribution in [0.15, 0.2) is 53.8 Å². The zero-order valence-corrected chi connectivity index (χ0v) is 11.8. The Hall–Kier alpha value is -2.89. The van der Waals surface area contributed by atoms with Crippen LogP contribution in [0.2, 0.25) is 0 Å². The summed E-state index contributed by atoms with van der Waals surface area (Å²) in [6, 6.07) is 12.0. The normalized spacial score (nSPS) is 17.6. The maximum atomic E-state index is 13.0. The summed E-state index contributed by atoms with van der Waals surface area (Å²) >= 11 is 0. The highest BCUT2D eigenvalue weighted by Gasteiger charge is 2.26.